The van der Waals surface area contributed by atoms with E-state index in [1.807, 2.05) is 66.7 Å². The summed E-state index contributed by atoms with van der Waals surface area (Å²) in [5, 5.41) is 0. The third-order valence-electron chi connectivity index (χ3n) is 4.16. The summed E-state index contributed by atoms with van der Waals surface area (Å²) in [6.07, 6.45) is 0.915. The molecular weight excluding hydrogens is 376 g/mol. The zero-order chi connectivity index (χ0) is 21.6. The Hall–Kier alpha value is -3.40. The minimum atomic E-state index is -0.288. The summed E-state index contributed by atoms with van der Waals surface area (Å²) in [4.78, 5) is 23.0. The second kappa shape index (κ2) is 12.9. The third kappa shape index (κ3) is 8.74. The van der Waals surface area contributed by atoms with Gasteiger partial charge in [-0.25, -0.2) is 9.59 Å². The molecule has 0 spiro atoms. The average molecular weight is 405 g/mol. The maximum atomic E-state index is 11.6. The van der Waals surface area contributed by atoms with Gasteiger partial charge in [-0.1, -0.05) is 80.6 Å². The molecule has 4 heteroatoms. The lowest BCUT2D eigenvalue weighted by atomic mass is 10.1. The van der Waals surface area contributed by atoms with Crippen LogP contribution in [0.5, 0.6) is 0 Å². The van der Waals surface area contributed by atoms with Crippen molar-refractivity contribution in [1.82, 2.24) is 0 Å². The number of hydrogen-bond donors (Lipinski definition) is 0. The molecule has 0 heterocycles. The minimum Gasteiger partial charge on any atom is -0.462 e. The van der Waals surface area contributed by atoms with Gasteiger partial charge in [0, 0.05) is 0 Å². The Labute approximate surface area is 178 Å². The first-order valence-corrected chi connectivity index (χ1v) is 10.0. The van der Waals surface area contributed by atoms with Gasteiger partial charge in [-0.3, -0.25) is 0 Å². The van der Waals surface area contributed by atoms with Crippen LogP contribution in [0.4, 0.5) is 0 Å². The molecule has 0 N–H and O–H groups in total. The first-order valence-electron chi connectivity index (χ1n) is 10.0. The molecule has 3 aromatic rings. The van der Waals surface area contributed by atoms with Crippen molar-refractivity contribution in [2.45, 2.75) is 26.9 Å². The van der Waals surface area contributed by atoms with Crippen LogP contribution in [0.25, 0.3) is 0 Å². The molecule has 30 heavy (non-hydrogen) atoms. The Morgan fingerprint density at radius 3 is 1.57 bits per heavy atom. The average Bonchev–Trinajstić information content (AvgIpc) is 2.79. The topological polar surface area (TPSA) is 52.6 Å². The van der Waals surface area contributed by atoms with Crippen LogP contribution >= 0.6 is 0 Å². The molecule has 0 amide bonds. The van der Waals surface area contributed by atoms with E-state index >= 15 is 0 Å². The maximum Gasteiger partial charge on any atom is 0.338 e. The third-order valence-corrected chi connectivity index (χ3v) is 4.16. The largest absolute Gasteiger partial charge is 0.462 e. The van der Waals surface area contributed by atoms with Crippen LogP contribution in [0.2, 0.25) is 0 Å². The van der Waals surface area contributed by atoms with Crippen LogP contribution in [0.3, 0.4) is 0 Å². The minimum absolute atomic E-state index is 0.230. The molecule has 0 bridgehead atoms. The highest BCUT2D eigenvalue weighted by Crippen LogP contribution is 2.06. The Kier molecular flexibility index (Phi) is 9.87. The van der Waals surface area contributed by atoms with Crippen molar-refractivity contribution in [2.75, 3.05) is 6.61 Å². The van der Waals surface area contributed by atoms with Crippen molar-refractivity contribution in [3.63, 3.8) is 0 Å². The highest BCUT2D eigenvalue weighted by atomic mass is 16.5. The fraction of sp³-hybridized carbons (Fsp3) is 0.231. The molecule has 0 unspecified atom stereocenters. The van der Waals surface area contributed by atoms with Gasteiger partial charge in [0.25, 0.3) is 0 Å². The first kappa shape index (κ1) is 22.9. The summed E-state index contributed by atoms with van der Waals surface area (Å²) in [6.45, 7) is 5.03. The van der Waals surface area contributed by atoms with Crippen molar-refractivity contribution in [3.05, 3.63) is 108 Å². The molecule has 156 valence electrons. The molecule has 4 nitrogen and oxygen atoms in total. The predicted molar refractivity (Wildman–Crippen MR) is 118 cm³/mol. The Morgan fingerprint density at radius 1 is 0.667 bits per heavy atom. The highest BCUT2D eigenvalue weighted by Gasteiger charge is 2.06. The van der Waals surface area contributed by atoms with Crippen molar-refractivity contribution in [2.24, 2.45) is 5.92 Å². The summed E-state index contributed by atoms with van der Waals surface area (Å²) in [6, 6.07) is 27.7. The van der Waals surface area contributed by atoms with Crippen LogP contribution in [0, 0.1) is 5.92 Å². The second-order valence-electron chi connectivity index (χ2n) is 7.11. The molecule has 0 fully saturated rings. The van der Waals surface area contributed by atoms with Gasteiger partial charge in [0.15, 0.2) is 0 Å². The number of hydrogen-bond acceptors (Lipinski definition) is 4. The number of esters is 2. The van der Waals surface area contributed by atoms with Gasteiger partial charge in [0.1, 0.15) is 6.61 Å². The van der Waals surface area contributed by atoms with Crippen molar-refractivity contribution in [3.8, 4) is 0 Å². The van der Waals surface area contributed by atoms with Gasteiger partial charge < -0.3 is 9.47 Å². The zero-order valence-electron chi connectivity index (χ0n) is 17.5. The van der Waals surface area contributed by atoms with Crippen molar-refractivity contribution < 1.29 is 19.1 Å². The molecule has 0 saturated carbocycles. The van der Waals surface area contributed by atoms with Crippen LogP contribution < -0.4 is 0 Å². The number of carbonyl (C=O) groups excluding carboxylic acids is 2. The molecule has 3 aromatic carbocycles. The summed E-state index contributed by atoms with van der Waals surface area (Å²) in [5.74, 6) is 0.0503. The summed E-state index contributed by atoms with van der Waals surface area (Å²) in [5.41, 5.74) is 2.20. The van der Waals surface area contributed by atoms with Crippen LogP contribution in [-0.2, 0) is 16.1 Å². The fourth-order valence-electron chi connectivity index (χ4n) is 2.43. The van der Waals surface area contributed by atoms with E-state index in [1.165, 1.54) is 0 Å². The van der Waals surface area contributed by atoms with E-state index in [0.717, 1.165) is 12.0 Å². The van der Waals surface area contributed by atoms with Crippen LogP contribution in [0.15, 0.2) is 91.0 Å². The van der Waals surface area contributed by atoms with E-state index in [9.17, 15) is 9.59 Å². The van der Waals surface area contributed by atoms with E-state index < -0.39 is 0 Å². The van der Waals surface area contributed by atoms with Crippen molar-refractivity contribution >= 4 is 11.9 Å². The maximum absolute atomic E-state index is 11.6. The molecular formula is C26H28O4. The second-order valence-corrected chi connectivity index (χ2v) is 7.11. The summed E-state index contributed by atoms with van der Waals surface area (Å²) in [7, 11) is 0. The highest BCUT2D eigenvalue weighted by molar-refractivity contribution is 5.89. The summed E-state index contributed by atoms with van der Waals surface area (Å²) >= 11 is 0. The van der Waals surface area contributed by atoms with E-state index in [4.69, 9.17) is 9.47 Å². The van der Waals surface area contributed by atoms with Crippen molar-refractivity contribution in [1.29, 1.82) is 0 Å². The SMILES string of the molecule is CC(C)CCOC(=O)c1ccccc1.O=C(OCc1ccccc1)c1ccccc1. The van der Waals surface area contributed by atoms with Crippen LogP contribution in [-0.4, -0.2) is 18.5 Å². The smallest absolute Gasteiger partial charge is 0.338 e. The molecule has 0 aliphatic rings. The number of ether oxygens (including phenoxy) is 2. The molecule has 0 aliphatic heterocycles. The van der Waals surface area contributed by atoms with Gasteiger partial charge in [0.05, 0.1) is 17.7 Å². The van der Waals surface area contributed by atoms with Gasteiger partial charge in [-0.2, -0.15) is 0 Å². The lowest BCUT2D eigenvalue weighted by molar-refractivity contribution is 0.0468. The first-order chi connectivity index (χ1) is 14.6. The van der Waals surface area contributed by atoms with E-state index in [0.29, 0.717) is 30.3 Å². The quantitative estimate of drug-likeness (QED) is 0.458. The van der Waals surface area contributed by atoms with Gasteiger partial charge in [-0.05, 0) is 42.2 Å². The Morgan fingerprint density at radius 2 is 1.10 bits per heavy atom. The molecule has 0 atom stereocenters. The molecule has 0 aliphatic carbocycles. The van der Waals surface area contributed by atoms with E-state index in [2.05, 4.69) is 13.8 Å². The molecule has 0 aromatic heterocycles. The molecule has 0 radical (unpaired) electrons. The van der Waals surface area contributed by atoms with E-state index in [-0.39, 0.29) is 11.9 Å². The van der Waals surface area contributed by atoms with Crippen LogP contribution in [0.1, 0.15) is 46.5 Å². The van der Waals surface area contributed by atoms with E-state index in [1.54, 1.807) is 24.3 Å². The zero-order valence-corrected chi connectivity index (χ0v) is 17.5. The number of benzene rings is 3. The van der Waals surface area contributed by atoms with Gasteiger partial charge in [0.2, 0.25) is 0 Å². The standard InChI is InChI=1S/C14H12O2.C12H16O2/c15-14(13-9-5-2-6-10-13)16-11-12-7-3-1-4-8-12;1-10(2)8-9-14-12(13)11-6-4-3-5-7-11/h1-10H,11H2;3-7,10H,8-9H2,1-2H3. The number of carbonyl (C=O) groups is 2. The molecule has 3 rings (SSSR count). The monoisotopic (exact) mass is 404 g/mol. The number of rotatable bonds is 7. The fourth-order valence-corrected chi connectivity index (χ4v) is 2.43. The predicted octanol–water partition coefficient (Wildman–Crippen LogP) is 5.93. The Bertz CT molecular complexity index is 875. The molecule has 0 saturated heterocycles. The normalized spacial score (nSPS) is 9.97. The van der Waals surface area contributed by atoms with Gasteiger partial charge >= 0.3 is 11.9 Å². The summed E-state index contributed by atoms with van der Waals surface area (Å²) < 4.78 is 10.3. The lowest BCUT2D eigenvalue weighted by Gasteiger charge is -2.06. The lowest BCUT2D eigenvalue weighted by Crippen LogP contribution is -2.07. The van der Waals surface area contributed by atoms with Gasteiger partial charge in [-0.15, -0.1) is 0 Å². The Balaban J connectivity index is 0.000000216.